The summed E-state index contributed by atoms with van der Waals surface area (Å²) in [6.45, 7) is 0.355. The van der Waals surface area contributed by atoms with E-state index in [1.807, 2.05) is 0 Å². The SMILES string of the molecule is COc1cccc2c1N(C(=O)O)CCC2N1Cc2cnc(S(C)(=O)=O)nc2N(C)C1=O. The summed E-state index contributed by atoms with van der Waals surface area (Å²) in [5.74, 6) is 0.648. The van der Waals surface area contributed by atoms with Crippen LogP contribution >= 0.6 is 0 Å². The number of carbonyl (C=O) groups excluding carboxylic acids is 1. The average molecular weight is 447 g/mol. The Hall–Kier alpha value is -3.41. The monoisotopic (exact) mass is 447 g/mol. The van der Waals surface area contributed by atoms with Gasteiger partial charge in [-0.25, -0.2) is 28.0 Å². The molecule has 1 atom stereocenters. The van der Waals surface area contributed by atoms with Crippen molar-refractivity contribution in [2.75, 3.05) is 36.8 Å². The van der Waals surface area contributed by atoms with Crippen molar-refractivity contribution < 1.29 is 27.9 Å². The van der Waals surface area contributed by atoms with Crippen LogP contribution in [0.1, 0.15) is 23.6 Å². The number of urea groups is 1. The van der Waals surface area contributed by atoms with Gasteiger partial charge in [-0.05, 0) is 12.5 Å². The quantitative estimate of drug-likeness (QED) is 0.705. The van der Waals surface area contributed by atoms with E-state index in [1.165, 1.54) is 30.2 Å². The van der Waals surface area contributed by atoms with Crippen LogP contribution in [0.25, 0.3) is 0 Å². The standard InChI is InChI=1S/C19H21N5O6S/c1-22-16-11(9-20-17(21-16)31(3,28)29)10-24(18(22)25)13-7-8-23(19(26)27)15-12(13)5-4-6-14(15)30-2/h4-6,9,13H,7-8,10H2,1-3H3,(H,26,27). The maximum Gasteiger partial charge on any atom is 0.411 e. The number of para-hydroxylation sites is 1. The van der Waals surface area contributed by atoms with E-state index in [0.29, 0.717) is 29.0 Å². The minimum Gasteiger partial charge on any atom is -0.495 e. The number of rotatable bonds is 3. The fourth-order valence-corrected chi connectivity index (χ4v) is 4.53. The first-order valence-electron chi connectivity index (χ1n) is 9.41. The summed E-state index contributed by atoms with van der Waals surface area (Å²) in [5.41, 5.74) is 1.67. The molecule has 0 aliphatic carbocycles. The number of anilines is 2. The molecule has 0 bridgehead atoms. The summed E-state index contributed by atoms with van der Waals surface area (Å²) in [6.07, 6.45) is 1.71. The van der Waals surface area contributed by atoms with Gasteiger partial charge in [0.2, 0.25) is 15.0 Å². The molecule has 12 heteroatoms. The van der Waals surface area contributed by atoms with Gasteiger partial charge in [-0.2, -0.15) is 0 Å². The molecule has 0 fully saturated rings. The zero-order chi connectivity index (χ0) is 22.5. The second-order valence-corrected chi connectivity index (χ2v) is 9.29. The lowest BCUT2D eigenvalue weighted by Crippen LogP contribution is -2.49. The van der Waals surface area contributed by atoms with Gasteiger partial charge in [0.05, 0.1) is 25.4 Å². The van der Waals surface area contributed by atoms with Gasteiger partial charge < -0.3 is 14.7 Å². The van der Waals surface area contributed by atoms with Crippen molar-refractivity contribution in [3.05, 3.63) is 35.5 Å². The number of fused-ring (bicyclic) bond motifs is 2. The van der Waals surface area contributed by atoms with Crippen LogP contribution in [-0.2, 0) is 16.4 Å². The molecule has 31 heavy (non-hydrogen) atoms. The second-order valence-electron chi connectivity index (χ2n) is 7.38. The Kier molecular flexibility index (Phi) is 4.96. The Bertz CT molecular complexity index is 1180. The molecule has 1 unspecified atom stereocenters. The van der Waals surface area contributed by atoms with Gasteiger partial charge in [0.1, 0.15) is 11.6 Å². The molecule has 2 aromatic rings. The van der Waals surface area contributed by atoms with E-state index in [1.54, 1.807) is 23.1 Å². The first kappa shape index (κ1) is 20.8. The number of benzene rings is 1. The molecule has 1 aromatic heterocycles. The van der Waals surface area contributed by atoms with Crippen molar-refractivity contribution in [2.24, 2.45) is 0 Å². The number of methoxy groups -OCH3 is 1. The van der Waals surface area contributed by atoms with E-state index in [4.69, 9.17) is 4.74 Å². The Labute approximate surface area is 178 Å². The van der Waals surface area contributed by atoms with E-state index < -0.39 is 22.0 Å². The van der Waals surface area contributed by atoms with Crippen LogP contribution in [0.15, 0.2) is 29.6 Å². The molecular weight excluding hydrogens is 426 g/mol. The van der Waals surface area contributed by atoms with Crippen LogP contribution < -0.4 is 14.5 Å². The van der Waals surface area contributed by atoms with Gasteiger partial charge in [-0.15, -0.1) is 0 Å². The number of carbonyl (C=O) groups is 2. The van der Waals surface area contributed by atoms with Gasteiger partial charge in [-0.3, -0.25) is 9.80 Å². The zero-order valence-electron chi connectivity index (χ0n) is 17.1. The zero-order valence-corrected chi connectivity index (χ0v) is 18.0. The van der Waals surface area contributed by atoms with E-state index in [0.717, 1.165) is 6.26 Å². The van der Waals surface area contributed by atoms with Crippen molar-refractivity contribution in [2.45, 2.75) is 24.2 Å². The molecular formula is C19H21N5O6S. The van der Waals surface area contributed by atoms with Crippen LogP contribution in [0.4, 0.5) is 21.1 Å². The van der Waals surface area contributed by atoms with Gasteiger partial charge in [-0.1, -0.05) is 12.1 Å². The molecule has 0 saturated heterocycles. The minimum atomic E-state index is -3.62. The molecule has 3 amide bonds. The Morgan fingerprint density at radius 1 is 1.32 bits per heavy atom. The van der Waals surface area contributed by atoms with E-state index in [2.05, 4.69) is 9.97 Å². The van der Waals surface area contributed by atoms with Crippen LogP contribution in [0.2, 0.25) is 0 Å². The van der Waals surface area contributed by atoms with E-state index >= 15 is 0 Å². The summed E-state index contributed by atoms with van der Waals surface area (Å²) in [5, 5.41) is 9.29. The van der Waals surface area contributed by atoms with Crippen molar-refractivity contribution in [1.29, 1.82) is 0 Å². The van der Waals surface area contributed by atoms with Crippen molar-refractivity contribution >= 4 is 33.5 Å². The summed E-state index contributed by atoms with van der Waals surface area (Å²) in [7, 11) is -0.639. The predicted octanol–water partition coefficient (Wildman–Crippen LogP) is 1.89. The van der Waals surface area contributed by atoms with Gasteiger partial charge in [0.15, 0.2) is 0 Å². The predicted molar refractivity (Wildman–Crippen MR) is 110 cm³/mol. The summed E-state index contributed by atoms with van der Waals surface area (Å²) >= 11 is 0. The third kappa shape index (κ3) is 3.42. The maximum absolute atomic E-state index is 13.2. The molecule has 164 valence electrons. The number of aromatic nitrogens is 2. The van der Waals surface area contributed by atoms with Crippen molar-refractivity contribution in [3.63, 3.8) is 0 Å². The van der Waals surface area contributed by atoms with Gasteiger partial charge >= 0.3 is 12.1 Å². The number of amides is 3. The third-order valence-electron chi connectivity index (χ3n) is 5.45. The lowest BCUT2D eigenvalue weighted by Gasteiger charge is -2.43. The molecule has 0 radical (unpaired) electrons. The molecule has 2 aliphatic rings. The van der Waals surface area contributed by atoms with Gasteiger partial charge in [0, 0.05) is 37.2 Å². The normalized spacial score (nSPS) is 18.5. The number of ether oxygens (including phenoxy) is 1. The molecule has 3 heterocycles. The minimum absolute atomic E-state index is 0.164. The van der Waals surface area contributed by atoms with Crippen LogP contribution in [0.5, 0.6) is 5.75 Å². The molecule has 2 aliphatic heterocycles. The topological polar surface area (TPSA) is 133 Å². The highest BCUT2D eigenvalue weighted by atomic mass is 32.2. The molecule has 4 rings (SSSR count). The van der Waals surface area contributed by atoms with Crippen LogP contribution in [0.3, 0.4) is 0 Å². The summed E-state index contributed by atoms with van der Waals surface area (Å²) < 4.78 is 29.0. The smallest absolute Gasteiger partial charge is 0.411 e. The number of nitrogens with zero attached hydrogens (tertiary/aromatic N) is 5. The second kappa shape index (κ2) is 7.38. The molecule has 0 saturated carbocycles. The fraction of sp³-hybridized carbons (Fsp3) is 0.368. The largest absolute Gasteiger partial charge is 0.495 e. The Morgan fingerprint density at radius 3 is 2.71 bits per heavy atom. The lowest BCUT2D eigenvalue weighted by molar-refractivity contribution is 0.166. The third-order valence-corrected chi connectivity index (χ3v) is 6.31. The average Bonchev–Trinajstić information content (AvgIpc) is 2.74. The number of carboxylic acid groups (broad SMARTS) is 1. The van der Waals surface area contributed by atoms with E-state index in [9.17, 15) is 23.1 Å². The molecule has 0 spiro atoms. The van der Waals surface area contributed by atoms with Gasteiger partial charge in [0.25, 0.3) is 0 Å². The summed E-state index contributed by atoms with van der Waals surface area (Å²) in [4.78, 5) is 37.1. The number of sulfone groups is 1. The maximum atomic E-state index is 13.2. The number of hydrogen-bond acceptors (Lipinski definition) is 7. The highest BCUT2D eigenvalue weighted by Crippen LogP contribution is 2.44. The molecule has 11 nitrogen and oxygen atoms in total. The van der Waals surface area contributed by atoms with Crippen LogP contribution in [-0.4, -0.2) is 67.5 Å². The Morgan fingerprint density at radius 2 is 2.06 bits per heavy atom. The highest BCUT2D eigenvalue weighted by molar-refractivity contribution is 7.90. The lowest BCUT2D eigenvalue weighted by atomic mass is 9.94. The molecule has 1 N–H and O–H groups in total. The fourth-order valence-electron chi connectivity index (χ4n) is 4.04. The van der Waals surface area contributed by atoms with E-state index in [-0.39, 0.29) is 30.1 Å². The number of hydrogen-bond donors (Lipinski definition) is 1. The molecule has 1 aromatic carbocycles. The summed E-state index contributed by atoms with van der Waals surface area (Å²) in [6, 6.07) is 4.44. The first-order chi connectivity index (χ1) is 14.6. The van der Waals surface area contributed by atoms with Crippen LogP contribution in [0, 0.1) is 0 Å². The van der Waals surface area contributed by atoms with Crippen molar-refractivity contribution in [3.8, 4) is 5.75 Å². The van der Waals surface area contributed by atoms with Crippen molar-refractivity contribution in [1.82, 2.24) is 14.9 Å². The first-order valence-corrected chi connectivity index (χ1v) is 11.3. The highest BCUT2D eigenvalue weighted by Gasteiger charge is 2.40. The Balaban J connectivity index is 1.77.